The zero-order valence-corrected chi connectivity index (χ0v) is 7.13. The van der Waals surface area contributed by atoms with E-state index in [1.54, 1.807) is 6.92 Å². The van der Waals surface area contributed by atoms with Crippen LogP contribution >= 0.6 is 8.03 Å². The molecule has 0 aromatic heterocycles. The smallest absolute Gasteiger partial charge is 0.388 e. The van der Waals surface area contributed by atoms with Crippen LogP contribution in [-0.2, 0) is 13.8 Å². The van der Waals surface area contributed by atoms with Gasteiger partial charge in [-0.15, -0.1) is 0 Å². The van der Waals surface area contributed by atoms with Crippen molar-refractivity contribution in [2.45, 2.75) is 6.92 Å². The van der Waals surface area contributed by atoms with Gasteiger partial charge in [0.25, 0.3) is 8.03 Å². The van der Waals surface area contributed by atoms with E-state index in [4.69, 9.17) is 0 Å². The zero-order chi connectivity index (χ0) is 8.69. The maximum absolute atomic E-state index is 11.4. The van der Waals surface area contributed by atoms with Gasteiger partial charge in [-0.25, -0.2) is 9.18 Å². The van der Waals surface area contributed by atoms with E-state index < -0.39 is 20.4 Å². The predicted octanol–water partition coefficient (Wildman–Crippen LogP) is 1.60. The van der Waals surface area contributed by atoms with Crippen LogP contribution in [0.4, 0.5) is 9.18 Å². The molecule has 0 rings (SSSR count). The lowest BCUT2D eigenvalue weighted by atomic mass is 10.8. The van der Waals surface area contributed by atoms with Gasteiger partial charge in [-0.3, -0.25) is 4.57 Å². The van der Waals surface area contributed by atoms with Crippen molar-refractivity contribution in [3.05, 3.63) is 0 Å². The summed E-state index contributed by atoms with van der Waals surface area (Å²) in [5.74, 6) is 0. The number of ether oxygens (including phenoxy) is 1. The molecule has 0 aromatic rings. The standard InChI is InChI=1S/C5H10FO4P/c1-2-10-11(8)5(7)9-4-3-6/h11H,2-4H2,1H3. The van der Waals surface area contributed by atoms with Crippen LogP contribution < -0.4 is 0 Å². The van der Waals surface area contributed by atoms with Crippen molar-refractivity contribution in [3.8, 4) is 0 Å². The second-order valence-electron chi connectivity index (χ2n) is 1.55. The molecule has 0 aliphatic heterocycles. The molecule has 0 aliphatic rings. The van der Waals surface area contributed by atoms with E-state index in [9.17, 15) is 13.8 Å². The van der Waals surface area contributed by atoms with Gasteiger partial charge in [0.05, 0.1) is 6.61 Å². The Morgan fingerprint density at radius 3 is 2.73 bits per heavy atom. The first-order valence-corrected chi connectivity index (χ1v) is 4.43. The van der Waals surface area contributed by atoms with E-state index in [0.717, 1.165) is 0 Å². The molecule has 0 saturated carbocycles. The average Bonchev–Trinajstić information content (AvgIpc) is 2.00. The molecule has 0 aliphatic carbocycles. The van der Waals surface area contributed by atoms with Crippen molar-refractivity contribution in [1.29, 1.82) is 0 Å². The van der Waals surface area contributed by atoms with Crippen LogP contribution in [0.5, 0.6) is 0 Å². The molecule has 1 atom stereocenters. The molecule has 0 bridgehead atoms. The topological polar surface area (TPSA) is 52.6 Å². The lowest BCUT2D eigenvalue weighted by Crippen LogP contribution is -2.01. The van der Waals surface area contributed by atoms with Crippen LogP contribution in [0.15, 0.2) is 0 Å². The summed E-state index contributed by atoms with van der Waals surface area (Å²) in [5, 5.41) is 0. The summed E-state index contributed by atoms with van der Waals surface area (Å²) < 4.78 is 30.7. The lowest BCUT2D eigenvalue weighted by molar-refractivity contribution is 0.158. The van der Waals surface area contributed by atoms with Crippen LogP contribution in [0, 0.1) is 0 Å². The van der Waals surface area contributed by atoms with E-state index in [1.807, 2.05) is 0 Å². The zero-order valence-electron chi connectivity index (χ0n) is 6.13. The van der Waals surface area contributed by atoms with Gasteiger partial charge in [0.15, 0.2) is 0 Å². The molecule has 0 saturated heterocycles. The summed E-state index contributed by atoms with van der Waals surface area (Å²) in [4.78, 5) is 10.5. The van der Waals surface area contributed by atoms with Crippen molar-refractivity contribution < 1.29 is 23.0 Å². The largest absolute Gasteiger partial charge is 0.456 e. The minimum Gasteiger partial charge on any atom is -0.456 e. The fraction of sp³-hybridized carbons (Fsp3) is 0.800. The van der Waals surface area contributed by atoms with Crippen LogP contribution in [0.3, 0.4) is 0 Å². The van der Waals surface area contributed by atoms with E-state index in [1.165, 1.54) is 0 Å². The van der Waals surface area contributed by atoms with Gasteiger partial charge in [0, 0.05) is 0 Å². The number of carbonyl (C=O) groups is 1. The van der Waals surface area contributed by atoms with E-state index in [2.05, 4.69) is 9.26 Å². The molecule has 66 valence electrons. The van der Waals surface area contributed by atoms with E-state index in [0.29, 0.717) is 0 Å². The quantitative estimate of drug-likeness (QED) is 0.609. The minimum absolute atomic E-state index is 0.183. The molecule has 0 heterocycles. The fourth-order valence-corrected chi connectivity index (χ4v) is 0.980. The molecule has 0 aromatic carbocycles. The van der Waals surface area contributed by atoms with Gasteiger partial charge in [0.1, 0.15) is 13.3 Å². The number of hydrogen-bond donors (Lipinski definition) is 0. The molecule has 0 spiro atoms. The Hall–Kier alpha value is -0.410. The lowest BCUT2D eigenvalue weighted by Gasteiger charge is -2.00. The maximum Gasteiger partial charge on any atom is 0.388 e. The Kier molecular flexibility index (Phi) is 6.07. The number of carbonyl (C=O) groups excluding carboxylic acids is 1. The van der Waals surface area contributed by atoms with Gasteiger partial charge in [-0.1, -0.05) is 0 Å². The summed E-state index contributed by atoms with van der Waals surface area (Å²) in [6, 6.07) is 0. The first-order chi connectivity index (χ1) is 5.22. The number of halogens is 1. The number of hydrogen-bond acceptors (Lipinski definition) is 4. The molecular formula is C5H10FO4P. The van der Waals surface area contributed by atoms with Crippen LogP contribution in [0.25, 0.3) is 0 Å². The minimum atomic E-state index is -2.77. The van der Waals surface area contributed by atoms with Crippen molar-refractivity contribution >= 4 is 13.7 Å². The Labute approximate surface area is 64.5 Å². The molecule has 0 amide bonds. The Morgan fingerprint density at radius 1 is 1.64 bits per heavy atom. The van der Waals surface area contributed by atoms with Gasteiger partial charge >= 0.3 is 5.71 Å². The van der Waals surface area contributed by atoms with Gasteiger partial charge < -0.3 is 9.26 Å². The molecule has 0 radical (unpaired) electrons. The molecule has 0 fully saturated rings. The van der Waals surface area contributed by atoms with Crippen LogP contribution in [0.2, 0.25) is 0 Å². The van der Waals surface area contributed by atoms with Crippen LogP contribution in [-0.4, -0.2) is 25.6 Å². The first kappa shape index (κ1) is 10.6. The highest BCUT2D eigenvalue weighted by atomic mass is 31.1. The maximum atomic E-state index is 11.4. The van der Waals surface area contributed by atoms with Crippen LogP contribution in [0.1, 0.15) is 6.92 Å². The molecule has 0 N–H and O–H groups in total. The SMILES string of the molecule is CCO[PH](=O)C(=O)OCCF. The highest BCUT2D eigenvalue weighted by molar-refractivity contribution is 7.58. The van der Waals surface area contributed by atoms with E-state index in [-0.39, 0.29) is 13.2 Å². The highest BCUT2D eigenvalue weighted by Gasteiger charge is 2.11. The molecule has 6 heteroatoms. The van der Waals surface area contributed by atoms with E-state index >= 15 is 0 Å². The third kappa shape index (κ3) is 4.93. The van der Waals surface area contributed by atoms with Crippen molar-refractivity contribution in [3.63, 3.8) is 0 Å². The Bertz CT molecular complexity index is 149. The Balaban J connectivity index is 3.56. The van der Waals surface area contributed by atoms with Crippen molar-refractivity contribution in [2.75, 3.05) is 19.9 Å². The number of rotatable bonds is 5. The third-order valence-electron chi connectivity index (χ3n) is 0.752. The summed E-state index contributed by atoms with van der Waals surface area (Å²) in [7, 11) is -2.77. The predicted molar refractivity (Wildman–Crippen MR) is 38.0 cm³/mol. The molecular weight excluding hydrogens is 174 g/mol. The molecule has 4 nitrogen and oxygen atoms in total. The number of alkyl halides is 1. The van der Waals surface area contributed by atoms with Gasteiger partial charge in [0.2, 0.25) is 0 Å². The summed E-state index contributed by atoms with van der Waals surface area (Å²) >= 11 is 0. The van der Waals surface area contributed by atoms with Crippen molar-refractivity contribution in [1.82, 2.24) is 0 Å². The summed E-state index contributed by atoms with van der Waals surface area (Å²) in [5.41, 5.74) is -0.963. The van der Waals surface area contributed by atoms with Crippen molar-refractivity contribution in [2.24, 2.45) is 0 Å². The second kappa shape index (κ2) is 6.31. The normalized spacial score (nSPS) is 12.5. The van der Waals surface area contributed by atoms with Gasteiger partial charge in [-0.05, 0) is 6.92 Å². The monoisotopic (exact) mass is 184 g/mol. The average molecular weight is 184 g/mol. The summed E-state index contributed by atoms with van der Waals surface area (Å²) in [6.07, 6.45) is 0. The molecule has 11 heavy (non-hydrogen) atoms. The highest BCUT2D eigenvalue weighted by Crippen LogP contribution is 2.24. The second-order valence-corrected chi connectivity index (χ2v) is 2.82. The Morgan fingerprint density at radius 2 is 2.27 bits per heavy atom. The third-order valence-corrected chi connectivity index (χ3v) is 1.78. The first-order valence-electron chi connectivity index (χ1n) is 3.12. The fourth-order valence-electron chi connectivity index (χ4n) is 0.380. The molecule has 1 unspecified atom stereocenters. The summed E-state index contributed by atoms with van der Waals surface area (Å²) in [6.45, 7) is 0.656. The van der Waals surface area contributed by atoms with Gasteiger partial charge in [-0.2, -0.15) is 0 Å².